The summed E-state index contributed by atoms with van der Waals surface area (Å²) < 4.78 is 0. The zero-order chi connectivity index (χ0) is 13.8. The highest BCUT2D eigenvalue weighted by molar-refractivity contribution is 5.94. The number of carboxylic acids is 1. The summed E-state index contributed by atoms with van der Waals surface area (Å²) in [4.78, 5) is 25.0. The smallest absolute Gasteiger partial charge is 0.335 e. The molecule has 5 heteroatoms. The van der Waals surface area contributed by atoms with Crippen LogP contribution in [0, 0.1) is 5.92 Å². The Bertz CT molecular complexity index is 470. The van der Waals surface area contributed by atoms with Crippen molar-refractivity contribution in [2.75, 3.05) is 25.5 Å². The summed E-state index contributed by atoms with van der Waals surface area (Å²) in [5, 5.41) is 11.6. The Morgan fingerprint density at radius 1 is 1.32 bits per heavy atom. The number of carbonyl (C=O) groups is 2. The number of nitrogens with zero attached hydrogens (tertiary/aromatic N) is 1. The first-order valence-electron chi connectivity index (χ1n) is 6.39. The maximum atomic E-state index is 12.1. The summed E-state index contributed by atoms with van der Waals surface area (Å²) in [6.45, 7) is 1.82. The number of aromatic carboxylic acids is 1. The Balaban J connectivity index is 1.96. The van der Waals surface area contributed by atoms with Crippen LogP contribution in [-0.2, 0) is 4.79 Å². The molecule has 1 saturated heterocycles. The van der Waals surface area contributed by atoms with Gasteiger partial charge < -0.3 is 15.3 Å². The maximum Gasteiger partial charge on any atom is 0.335 e. The number of likely N-dealkylation sites (tertiary alicyclic amines) is 1. The predicted molar refractivity (Wildman–Crippen MR) is 72.3 cm³/mol. The molecule has 0 spiro atoms. The van der Waals surface area contributed by atoms with E-state index in [1.807, 2.05) is 7.05 Å². The average molecular weight is 262 g/mol. The van der Waals surface area contributed by atoms with Crippen LogP contribution in [0.15, 0.2) is 24.3 Å². The number of piperidine rings is 1. The van der Waals surface area contributed by atoms with Crippen molar-refractivity contribution in [2.45, 2.75) is 12.8 Å². The summed E-state index contributed by atoms with van der Waals surface area (Å²) in [5.74, 6) is -0.945. The first-order valence-corrected chi connectivity index (χ1v) is 6.39. The second-order valence-electron chi connectivity index (χ2n) is 4.97. The third-order valence-corrected chi connectivity index (χ3v) is 3.39. The van der Waals surface area contributed by atoms with Gasteiger partial charge in [0.2, 0.25) is 5.91 Å². The van der Waals surface area contributed by atoms with Crippen molar-refractivity contribution in [1.29, 1.82) is 0 Å². The van der Waals surface area contributed by atoms with Crippen molar-refractivity contribution >= 4 is 17.6 Å². The molecule has 0 radical (unpaired) electrons. The van der Waals surface area contributed by atoms with E-state index in [-0.39, 0.29) is 17.4 Å². The fourth-order valence-corrected chi connectivity index (χ4v) is 2.32. The van der Waals surface area contributed by atoms with Crippen LogP contribution in [0.25, 0.3) is 0 Å². The number of amides is 1. The van der Waals surface area contributed by atoms with Crippen molar-refractivity contribution in [3.8, 4) is 0 Å². The van der Waals surface area contributed by atoms with Crippen LogP contribution in [0.1, 0.15) is 23.2 Å². The minimum Gasteiger partial charge on any atom is -0.478 e. The van der Waals surface area contributed by atoms with Crippen molar-refractivity contribution in [3.63, 3.8) is 0 Å². The highest BCUT2D eigenvalue weighted by Crippen LogP contribution is 2.18. The Kier molecular flexibility index (Phi) is 4.16. The van der Waals surface area contributed by atoms with Gasteiger partial charge in [-0.05, 0) is 50.7 Å². The molecule has 1 unspecified atom stereocenters. The lowest BCUT2D eigenvalue weighted by Crippen LogP contribution is -2.38. The average Bonchev–Trinajstić information content (AvgIpc) is 2.39. The number of carboxylic acid groups (broad SMARTS) is 1. The van der Waals surface area contributed by atoms with Crippen molar-refractivity contribution in [1.82, 2.24) is 4.90 Å². The minimum absolute atomic E-state index is 0.00891. The number of nitrogens with one attached hydrogen (secondary N) is 1. The number of benzene rings is 1. The zero-order valence-electron chi connectivity index (χ0n) is 10.9. The fraction of sp³-hybridized carbons (Fsp3) is 0.429. The summed E-state index contributed by atoms with van der Waals surface area (Å²) in [6.07, 6.45) is 1.94. The topological polar surface area (TPSA) is 69.6 Å². The van der Waals surface area contributed by atoms with E-state index >= 15 is 0 Å². The molecule has 1 aliphatic rings. The fourth-order valence-electron chi connectivity index (χ4n) is 2.32. The van der Waals surface area contributed by atoms with Gasteiger partial charge in [-0.3, -0.25) is 4.79 Å². The van der Waals surface area contributed by atoms with Gasteiger partial charge in [0.1, 0.15) is 0 Å². The lowest BCUT2D eigenvalue weighted by molar-refractivity contribution is -0.121. The van der Waals surface area contributed by atoms with E-state index in [1.165, 1.54) is 12.1 Å². The van der Waals surface area contributed by atoms with E-state index in [0.29, 0.717) is 5.69 Å². The molecule has 0 saturated carbocycles. The Hall–Kier alpha value is -1.88. The Labute approximate surface area is 112 Å². The van der Waals surface area contributed by atoms with Gasteiger partial charge in [-0.25, -0.2) is 4.79 Å². The molecule has 1 aromatic carbocycles. The molecule has 19 heavy (non-hydrogen) atoms. The molecule has 0 bridgehead atoms. The van der Waals surface area contributed by atoms with Gasteiger partial charge in [0.25, 0.3) is 0 Å². The molecule has 1 atom stereocenters. The number of hydrogen-bond acceptors (Lipinski definition) is 3. The van der Waals surface area contributed by atoms with Gasteiger partial charge in [0.05, 0.1) is 11.5 Å². The highest BCUT2D eigenvalue weighted by Gasteiger charge is 2.23. The largest absolute Gasteiger partial charge is 0.478 e. The zero-order valence-corrected chi connectivity index (χ0v) is 10.9. The van der Waals surface area contributed by atoms with E-state index in [0.717, 1.165) is 25.9 Å². The summed E-state index contributed by atoms with van der Waals surface area (Å²) >= 11 is 0. The molecule has 5 nitrogen and oxygen atoms in total. The first-order chi connectivity index (χ1) is 9.06. The second-order valence-corrected chi connectivity index (χ2v) is 4.97. The van der Waals surface area contributed by atoms with Crippen LogP contribution in [0.4, 0.5) is 5.69 Å². The quantitative estimate of drug-likeness (QED) is 0.869. The van der Waals surface area contributed by atoms with Crippen LogP contribution in [0.5, 0.6) is 0 Å². The number of hydrogen-bond donors (Lipinski definition) is 2. The molecular weight excluding hydrogens is 244 g/mol. The number of carbonyl (C=O) groups excluding carboxylic acids is 1. The molecule has 1 heterocycles. The van der Waals surface area contributed by atoms with Crippen molar-refractivity contribution < 1.29 is 14.7 Å². The van der Waals surface area contributed by atoms with Crippen LogP contribution in [0.2, 0.25) is 0 Å². The van der Waals surface area contributed by atoms with E-state index in [2.05, 4.69) is 10.2 Å². The van der Waals surface area contributed by atoms with E-state index in [9.17, 15) is 9.59 Å². The molecule has 1 aromatic rings. The van der Waals surface area contributed by atoms with Crippen molar-refractivity contribution in [2.24, 2.45) is 5.92 Å². The standard InChI is InChI=1S/C14H18N2O3/c1-16-8-2-3-11(9-16)13(17)15-12-6-4-10(5-7-12)14(18)19/h4-7,11H,2-3,8-9H2,1H3,(H,15,17)(H,18,19). The second kappa shape index (κ2) is 5.84. The lowest BCUT2D eigenvalue weighted by Gasteiger charge is -2.28. The minimum atomic E-state index is -0.966. The summed E-state index contributed by atoms with van der Waals surface area (Å²) in [5.41, 5.74) is 0.860. The molecule has 1 fully saturated rings. The molecular formula is C14H18N2O3. The third-order valence-electron chi connectivity index (χ3n) is 3.39. The monoisotopic (exact) mass is 262 g/mol. The molecule has 0 aromatic heterocycles. The molecule has 0 aliphatic carbocycles. The Morgan fingerprint density at radius 2 is 2.00 bits per heavy atom. The maximum absolute atomic E-state index is 12.1. The van der Waals surface area contributed by atoms with Crippen LogP contribution in [-0.4, -0.2) is 42.0 Å². The van der Waals surface area contributed by atoms with Crippen LogP contribution < -0.4 is 5.32 Å². The third kappa shape index (κ3) is 3.54. The van der Waals surface area contributed by atoms with Gasteiger partial charge in [-0.1, -0.05) is 0 Å². The first kappa shape index (κ1) is 13.5. The summed E-state index contributed by atoms with van der Waals surface area (Å²) in [6, 6.07) is 6.22. The number of anilines is 1. The van der Waals surface area contributed by atoms with Gasteiger partial charge >= 0.3 is 5.97 Å². The molecule has 1 amide bonds. The molecule has 2 rings (SSSR count). The Morgan fingerprint density at radius 3 is 2.58 bits per heavy atom. The number of rotatable bonds is 3. The van der Waals surface area contributed by atoms with Gasteiger partial charge in [0, 0.05) is 12.2 Å². The van der Waals surface area contributed by atoms with Gasteiger partial charge in [0.15, 0.2) is 0 Å². The molecule has 2 N–H and O–H groups in total. The lowest BCUT2D eigenvalue weighted by atomic mass is 9.97. The SMILES string of the molecule is CN1CCCC(C(=O)Nc2ccc(C(=O)O)cc2)C1. The summed E-state index contributed by atoms with van der Waals surface area (Å²) in [7, 11) is 2.01. The van der Waals surface area contributed by atoms with E-state index in [4.69, 9.17) is 5.11 Å². The van der Waals surface area contributed by atoms with Gasteiger partial charge in [-0.2, -0.15) is 0 Å². The van der Waals surface area contributed by atoms with Crippen molar-refractivity contribution in [3.05, 3.63) is 29.8 Å². The van der Waals surface area contributed by atoms with Crippen LogP contribution in [0.3, 0.4) is 0 Å². The van der Waals surface area contributed by atoms with E-state index < -0.39 is 5.97 Å². The predicted octanol–water partition coefficient (Wildman–Crippen LogP) is 1.67. The molecule has 1 aliphatic heterocycles. The van der Waals surface area contributed by atoms with Gasteiger partial charge in [-0.15, -0.1) is 0 Å². The highest BCUT2D eigenvalue weighted by atomic mass is 16.4. The molecule has 102 valence electrons. The van der Waals surface area contributed by atoms with Crippen LogP contribution >= 0.6 is 0 Å². The normalized spacial score (nSPS) is 19.9. The van der Waals surface area contributed by atoms with E-state index in [1.54, 1.807) is 12.1 Å².